The molecular formula is C15H15N3O3S. The molecule has 2 aromatic carbocycles. The molecule has 0 amide bonds. The molecule has 0 saturated heterocycles. The Balaban J connectivity index is 1.89. The summed E-state index contributed by atoms with van der Waals surface area (Å²) in [5.41, 5.74) is 0. The molecule has 0 aliphatic carbocycles. The van der Waals surface area contributed by atoms with E-state index in [2.05, 4.69) is 4.98 Å². The van der Waals surface area contributed by atoms with Gasteiger partial charge in [0.2, 0.25) is 10.0 Å². The fraction of sp³-hybridized carbons (Fsp3) is 0.133. The molecule has 3 rings (SSSR count). The van der Waals surface area contributed by atoms with Gasteiger partial charge in [0, 0.05) is 19.4 Å². The lowest BCUT2D eigenvalue weighted by Gasteiger charge is -2.08. The van der Waals surface area contributed by atoms with Gasteiger partial charge in [-0.2, -0.15) is 0 Å². The maximum absolute atomic E-state index is 11.4. The van der Waals surface area contributed by atoms with E-state index in [1.165, 1.54) is 12.1 Å². The van der Waals surface area contributed by atoms with Gasteiger partial charge in [-0.1, -0.05) is 12.1 Å². The van der Waals surface area contributed by atoms with Crippen molar-refractivity contribution in [2.45, 2.75) is 11.5 Å². The number of aromatic nitrogens is 2. The van der Waals surface area contributed by atoms with Crippen molar-refractivity contribution in [1.29, 1.82) is 0 Å². The Morgan fingerprint density at radius 2 is 1.95 bits per heavy atom. The Morgan fingerprint density at radius 1 is 1.18 bits per heavy atom. The number of benzene rings is 2. The zero-order valence-electron chi connectivity index (χ0n) is 11.9. The largest absolute Gasteiger partial charge is 0.486 e. The highest BCUT2D eigenvalue weighted by atomic mass is 32.2. The van der Waals surface area contributed by atoms with E-state index < -0.39 is 10.0 Å². The molecule has 0 spiro atoms. The fourth-order valence-electron chi connectivity index (χ4n) is 2.15. The first-order chi connectivity index (χ1) is 10.4. The first-order valence-electron chi connectivity index (χ1n) is 6.59. The van der Waals surface area contributed by atoms with Gasteiger partial charge in [0.25, 0.3) is 0 Å². The molecule has 0 radical (unpaired) electrons. The van der Waals surface area contributed by atoms with E-state index in [1.807, 2.05) is 29.9 Å². The van der Waals surface area contributed by atoms with Crippen molar-refractivity contribution < 1.29 is 13.2 Å². The number of ether oxygens (including phenoxy) is 1. The summed E-state index contributed by atoms with van der Waals surface area (Å²) in [6.07, 6.45) is 3.55. The van der Waals surface area contributed by atoms with E-state index in [-0.39, 0.29) is 4.90 Å². The standard InChI is InChI=1S/C15H15N3O3S/c1-18-7-6-17-15(18)10-21-13-4-2-11-3-5-14(22(16,19)20)9-12(11)8-13/h2-9H,10H2,1H3,(H2,16,19,20). The van der Waals surface area contributed by atoms with Gasteiger partial charge < -0.3 is 9.30 Å². The molecular weight excluding hydrogens is 302 g/mol. The van der Waals surface area contributed by atoms with Gasteiger partial charge >= 0.3 is 0 Å². The number of nitrogens with zero attached hydrogens (tertiary/aromatic N) is 2. The molecule has 1 heterocycles. The maximum Gasteiger partial charge on any atom is 0.238 e. The summed E-state index contributed by atoms with van der Waals surface area (Å²) in [5.74, 6) is 1.44. The highest BCUT2D eigenvalue weighted by molar-refractivity contribution is 7.89. The summed E-state index contributed by atoms with van der Waals surface area (Å²) in [4.78, 5) is 4.27. The SMILES string of the molecule is Cn1ccnc1COc1ccc2ccc(S(N)(=O)=O)cc2c1. The molecule has 1 aromatic heterocycles. The third-order valence-electron chi connectivity index (χ3n) is 3.40. The van der Waals surface area contributed by atoms with Crippen LogP contribution in [0.4, 0.5) is 0 Å². The van der Waals surface area contributed by atoms with E-state index >= 15 is 0 Å². The molecule has 2 N–H and O–H groups in total. The van der Waals surface area contributed by atoms with Crippen molar-refractivity contribution >= 4 is 20.8 Å². The van der Waals surface area contributed by atoms with Gasteiger partial charge in [-0.3, -0.25) is 0 Å². The summed E-state index contributed by atoms with van der Waals surface area (Å²) in [5, 5.41) is 6.82. The molecule has 7 heteroatoms. The van der Waals surface area contributed by atoms with Crippen molar-refractivity contribution in [2.24, 2.45) is 12.2 Å². The number of imidazole rings is 1. The van der Waals surface area contributed by atoms with Crippen molar-refractivity contribution in [3.63, 3.8) is 0 Å². The Hall–Kier alpha value is -2.38. The lowest BCUT2D eigenvalue weighted by atomic mass is 10.1. The third kappa shape index (κ3) is 2.95. The van der Waals surface area contributed by atoms with Crippen LogP contribution in [-0.2, 0) is 23.7 Å². The molecule has 0 aliphatic rings. The predicted octanol–water partition coefficient (Wildman–Crippen LogP) is 1.80. The van der Waals surface area contributed by atoms with Crippen molar-refractivity contribution in [1.82, 2.24) is 9.55 Å². The molecule has 0 aliphatic heterocycles. The number of fused-ring (bicyclic) bond motifs is 1. The van der Waals surface area contributed by atoms with Crippen molar-refractivity contribution in [2.75, 3.05) is 0 Å². The summed E-state index contributed by atoms with van der Waals surface area (Å²) in [6.45, 7) is 0.337. The average Bonchev–Trinajstić information content (AvgIpc) is 2.88. The molecule has 22 heavy (non-hydrogen) atoms. The van der Waals surface area contributed by atoms with Crippen LogP contribution < -0.4 is 9.88 Å². The number of nitrogens with two attached hydrogens (primary N) is 1. The summed E-state index contributed by atoms with van der Waals surface area (Å²) >= 11 is 0. The van der Waals surface area contributed by atoms with Crippen LogP contribution in [0.3, 0.4) is 0 Å². The van der Waals surface area contributed by atoms with E-state index in [0.29, 0.717) is 12.4 Å². The van der Waals surface area contributed by atoms with Crippen molar-refractivity contribution in [3.8, 4) is 5.75 Å². The molecule has 6 nitrogen and oxygen atoms in total. The zero-order chi connectivity index (χ0) is 15.7. The fourth-order valence-corrected chi connectivity index (χ4v) is 2.70. The summed E-state index contributed by atoms with van der Waals surface area (Å²) in [7, 11) is -1.82. The highest BCUT2D eigenvalue weighted by Gasteiger charge is 2.09. The number of rotatable bonds is 4. The van der Waals surface area contributed by atoms with E-state index in [1.54, 1.807) is 18.3 Å². The molecule has 114 valence electrons. The topological polar surface area (TPSA) is 87.2 Å². The second kappa shape index (κ2) is 5.43. The lowest BCUT2D eigenvalue weighted by molar-refractivity contribution is 0.292. The monoisotopic (exact) mass is 317 g/mol. The van der Waals surface area contributed by atoms with Gasteiger partial charge in [-0.25, -0.2) is 18.5 Å². The van der Waals surface area contributed by atoms with Gasteiger partial charge in [0.05, 0.1) is 4.90 Å². The highest BCUT2D eigenvalue weighted by Crippen LogP contribution is 2.24. The van der Waals surface area contributed by atoms with E-state index in [9.17, 15) is 8.42 Å². The van der Waals surface area contributed by atoms with Crippen LogP contribution in [0, 0.1) is 0 Å². The van der Waals surface area contributed by atoms with Crippen LogP contribution in [0.25, 0.3) is 10.8 Å². The smallest absolute Gasteiger partial charge is 0.238 e. The number of hydrogen-bond donors (Lipinski definition) is 1. The predicted molar refractivity (Wildman–Crippen MR) is 82.9 cm³/mol. The summed E-state index contributed by atoms with van der Waals surface area (Å²) in [6, 6.07) is 10.2. The van der Waals surface area contributed by atoms with Gasteiger partial charge in [0.1, 0.15) is 18.2 Å². The minimum absolute atomic E-state index is 0.0845. The van der Waals surface area contributed by atoms with Gasteiger partial charge in [-0.15, -0.1) is 0 Å². The quantitative estimate of drug-likeness (QED) is 0.795. The number of hydrogen-bond acceptors (Lipinski definition) is 4. The van der Waals surface area contributed by atoms with Crippen LogP contribution in [-0.4, -0.2) is 18.0 Å². The van der Waals surface area contributed by atoms with E-state index in [0.717, 1.165) is 16.6 Å². The molecule has 0 unspecified atom stereocenters. The number of sulfonamides is 1. The van der Waals surface area contributed by atoms with Crippen LogP contribution in [0.15, 0.2) is 53.7 Å². The van der Waals surface area contributed by atoms with Crippen LogP contribution in [0.1, 0.15) is 5.82 Å². The second-order valence-electron chi connectivity index (χ2n) is 4.96. The van der Waals surface area contributed by atoms with Crippen LogP contribution >= 0.6 is 0 Å². The van der Waals surface area contributed by atoms with Gasteiger partial charge in [0.15, 0.2) is 0 Å². The molecule has 0 atom stereocenters. The Kier molecular flexibility index (Phi) is 3.59. The third-order valence-corrected chi connectivity index (χ3v) is 4.31. The summed E-state index contributed by atoms with van der Waals surface area (Å²) < 4.78 is 30.4. The Morgan fingerprint density at radius 3 is 2.64 bits per heavy atom. The van der Waals surface area contributed by atoms with Crippen LogP contribution in [0.2, 0.25) is 0 Å². The molecule has 0 saturated carbocycles. The first-order valence-corrected chi connectivity index (χ1v) is 8.14. The normalized spacial score (nSPS) is 11.7. The van der Waals surface area contributed by atoms with Crippen LogP contribution in [0.5, 0.6) is 5.75 Å². The van der Waals surface area contributed by atoms with Gasteiger partial charge in [-0.05, 0) is 35.0 Å². The Labute approximate surface area is 128 Å². The maximum atomic E-state index is 11.4. The van der Waals surface area contributed by atoms with E-state index in [4.69, 9.17) is 9.88 Å². The zero-order valence-corrected chi connectivity index (χ0v) is 12.7. The Bertz CT molecular complexity index is 932. The number of aryl methyl sites for hydroxylation is 1. The number of primary sulfonamides is 1. The molecule has 0 fully saturated rings. The molecule has 3 aromatic rings. The second-order valence-corrected chi connectivity index (χ2v) is 6.52. The minimum atomic E-state index is -3.71. The average molecular weight is 317 g/mol. The molecule has 0 bridgehead atoms. The van der Waals surface area contributed by atoms with Crippen molar-refractivity contribution in [3.05, 3.63) is 54.6 Å². The first kappa shape index (κ1) is 14.6. The lowest BCUT2D eigenvalue weighted by Crippen LogP contribution is -2.11. The minimum Gasteiger partial charge on any atom is -0.486 e.